The topological polar surface area (TPSA) is 26.0 Å². The first kappa shape index (κ1) is 13.0. The summed E-state index contributed by atoms with van der Waals surface area (Å²) in [6.07, 6.45) is 5.45. The summed E-state index contributed by atoms with van der Waals surface area (Å²) in [7, 11) is 0. The summed E-state index contributed by atoms with van der Waals surface area (Å²) in [5.41, 5.74) is 7.47. The van der Waals surface area contributed by atoms with Crippen molar-refractivity contribution in [3.05, 3.63) is 34.1 Å². The van der Waals surface area contributed by atoms with Gasteiger partial charge in [-0.2, -0.15) is 0 Å². The van der Waals surface area contributed by atoms with Crippen molar-refractivity contribution in [3.63, 3.8) is 0 Å². The predicted octanol–water partition coefficient (Wildman–Crippen LogP) is 4.04. The molecule has 0 radical (unpaired) electrons. The Morgan fingerprint density at radius 3 is 2.88 bits per heavy atom. The fourth-order valence-electron chi connectivity index (χ4n) is 2.82. The normalized spacial score (nSPS) is 28.6. The van der Waals surface area contributed by atoms with E-state index in [0.717, 1.165) is 35.2 Å². The lowest BCUT2D eigenvalue weighted by Gasteiger charge is -2.25. The highest BCUT2D eigenvalue weighted by Gasteiger charge is 2.35. The first-order valence-corrected chi connectivity index (χ1v) is 7.04. The van der Waals surface area contributed by atoms with Gasteiger partial charge in [0.25, 0.3) is 0 Å². The molecule has 2 atom stereocenters. The zero-order valence-electron chi connectivity index (χ0n) is 10.2. The molecule has 0 aromatic heterocycles. The van der Waals surface area contributed by atoms with Gasteiger partial charge < -0.3 is 5.73 Å². The van der Waals surface area contributed by atoms with Crippen molar-refractivity contribution in [2.24, 2.45) is 11.7 Å². The maximum Gasteiger partial charge on any atom is 0.124 e. The molecule has 2 rings (SSSR count). The predicted molar refractivity (Wildman–Crippen MR) is 72.4 cm³/mol. The fraction of sp³-hybridized carbons (Fsp3) is 0.571. The van der Waals surface area contributed by atoms with Crippen LogP contribution in [0.3, 0.4) is 0 Å². The van der Waals surface area contributed by atoms with Crippen LogP contribution in [-0.4, -0.2) is 5.54 Å². The van der Waals surface area contributed by atoms with Crippen molar-refractivity contribution in [2.45, 2.75) is 44.6 Å². The molecule has 0 spiro atoms. The molecule has 17 heavy (non-hydrogen) atoms. The van der Waals surface area contributed by atoms with Crippen LogP contribution in [0.25, 0.3) is 0 Å². The van der Waals surface area contributed by atoms with Gasteiger partial charge in [-0.3, -0.25) is 0 Å². The number of rotatable bonds is 3. The van der Waals surface area contributed by atoms with E-state index in [9.17, 15) is 4.39 Å². The smallest absolute Gasteiger partial charge is 0.124 e. The van der Waals surface area contributed by atoms with Crippen molar-refractivity contribution in [1.82, 2.24) is 0 Å². The maximum absolute atomic E-state index is 13.0. The molecule has 1 saturated carbocycles. The Morgan fingerprint density at radius 1 is 1.53 bits per heavy atom. The van der Waals surface area contributed by atoms with E-state index in [0.29, 0.717) is 0 Å². The van der Waals surface area contributed by atoms with Crippen molar-refractivity contribution in [2.75, 3.05) is 0 Å². The van der Waals surface area contributed by atoms with Gasteiger partial charge >= 0.3 is 0 Å². The quantitative estimate of drug-likeness (QED) is 0.896. The highest BCUT2D eigenvalue weighted by atomic mass is 79.9. The Morgan fingerprint density at radius 2 is 2.29 bits per heavy atom. The Kier molecular flexibility index (Phi) is 3.88. The highest BCUT2D eigenvalue weighted by molar-refractivity contribution is 9.10. The van der Waals surface area contributed by atoms with Gasteiger partial charge in [0.15, 0.2) is 0 Å². The average molecular weight is 300 g/mol. The Bertz CT molecular complexity index is 407. The third-order valence-corrected chi connectivity index (χ3v) is 4.62. The number of hydrogen-bond acceptors (Lipinski definition) is 1. The van der Waals surface area contributed by atoms with Gasteiger partial charge in [-0.15, -0.1) is 0 Å². The summed E-state index contributed by atoms with van der Waals surface area (Å²) in [5, 5.41) is 0. The average Bonchev–Trinajstić information content (AvgIpc) is 2.65. The molecule has 0 saturated heterocycles. The SMILES string of the molecule is CCC1CCC(N)(Cc2ccc(F)cc2Br)C1. The molecule has 2 unspecified atom stereocenters. The lowest BCUT2D eigenvalue weighted by Crippen LogP contribution is -2.39. The molecule has 1 aromatic carbocycles. The largest absolute Gasteiger partial charge is 0.325 e. The molecule has 0 aliphatic heterocycles. The van der Waals surface area contributed by atoms with E-state index in [4.69, 9.17) is 5.73 Å². The summed E-state index contributed by atoms with van der Waals surface area (Å²) >= 11 is 3.42. The number of benzene rings is 1. The molecule has 1 fully saturated rings. The molecular formula is C14H19BrFN. The molecule has 3 heteroatoms. The summed E-state index contributed by atoms with van der Waals surface area (Å²) in [4.78, 5) is 0. The summed E-state index contributed by atoms with van der Waals surface area (Å²) in [5.74, 6) is 0.559. The van der Waals surface area contributed by atoms with E-state index >= 15 is 0 Å². The second-order valence-corrected chi connectivity index (χ2v) is 6.15. The number of halogens is 2. The van der Waals surface area contributed by atoms with E-state index < -0.39 is 0 Å². The van der Waals surface area contributed by atoms with Crippen LogP contribution < -0.4 is 5.73 Å². The molecule has 1 aliphatic carbocycles. The van der Waals surface area contributed by atoms with Crippen LogP contribution in [0.15, 0.2) is 22.7 Å². The van der Waals surface area contributed by atoms with Gasteiger partial charge in [0, 0.05) is 10.0 Å². The fourth-order valence-corrected chi connectivity index (χ4v) is 3.32. The third-order valence-electron chi connectivity index (χ3n) is 3.88. The second-order valence-electron chi connectivity index (χ2n) is 5.29. The lowest BCUT2D eigenvalue weighted by atomic mass is 9.89. The molecule has 94 valence electrons. The van der Waals surface area contributed by atoms with Crippen molar-refractivity contribution < 1.29 is 4.39 Å². The Hall–Kier alpha value is -0.410. The van der Waals surface area contributed by atoms with Crippen molar-refractivity contribution in [3.8, 4) is 0 Å². The van der Waals surface area contributed by atoms with Crippen LogP contribution >= 0.6 is 15.9 Å². The molecule has 0 amide bonds. The molecule has 0 bridgehead atoms. The van der Waals surface area contributed by atoms with Gasteiger partial charge in [0.05, 0.1) is 0 Å². The van der Waals surface area contributed by atoms with Crippen LogP contribution in [-0.2, 0) is 6.42 Å². The molecular weight excluding hydrogens is 281 g/mol. The van der Waals surface area contributed by atoms with E-state index in [2.05, 4.69) is 22.9 Å². The van der Waals surface area contributed by atoms with E-state index in [1.54, 1.807) is 0 Å². The van der Waals surface area contributed by atoms with Crippen LogP contribution in [0.1, 0.15) is 38.2 Å². The third kappa shape index (κ3) is 3.08. The summed E-state index contributed by atoms with van der Waals surface area (Å²) in [6.45, 7) is 2.23. The van der Waals surface area contributed by atoms with Crippen LogP contribution in [0.4, 0.5) is 4.39 Å². The number of nitrogens with two attached hydrogens (primary N) is 1. The highest BCUT2D eigenvalue weighted by Crippen LogP contribution is 2.37. The molecule has 2 N–H and O–H groups in total. The number of hydrogen-bond donors (Lipinski definition) is 1. The standard InChI is InChI=1S/C14H19BrFN/c1-2-10-5-6-14(17,8-10)9-11-3-4-12(16)7-13(11)15/h3-4,7,10H,2,5-6,8-9,17H2,1H3. The van der Waals surface area contributed by atoms with Crippen molar-refractivity contribution in [1.29, 1.82) is 0 Å². The molecule has 0 heterocycles. The minimum atomic E-state index is -0.204. The zero-order valence-corrected chi connectivity index (χ0v) is 11.8. The first-order valence-electron chi connectivity index (χ1n) is 6.25. The monoisotopic (exact) mass is 299 g/mol. The van der Waals surface area contributed by atoms with Gasteiger partial charge in [0.1, 0.15) is 5.82 Å². The zero-order chi connectivity index (χ0) is 12.5. The molecule has 1 nitrogen and oxygen atoms in total. The van der Waals surface area contributed by atoms with Gasteiger partial charge in [0.2, 0.25) is 0 Å². The van der Waals surface area contributed by atoms with Gasteiger partial charge in [-0.05, 0) is 49.3 Å². The van der Waals surface area contributed by atoms with Crippen LogP contribution in [0.2, 0.25) is 0 Å². The molecule has 1 aromatic rings. The van der Waals surface area contributed by atoms with Crippen molar-refractivity contribution >= 4 is 15.9 Å². The Balaban J connectivity index is 2.10. The molecule has 1 aliphatic rings. The second kappa shape index (κ2) is 5.07. The minimum Gasteiger partial charge on any atom is -0.325 e. The first-order chi connectivity index (χ1) is 8.02. The van der Waals surface area contributed by atoms with E-state index in [-0.39, 0.29) is 11.4 Å². The summed E-state index contributed by atoms with van der Waals surface area (Å²) < 4.78 is 13.8. The van der Waals surface area contributed by atoms with Crippen LogP contribution in [0, 0.1) is 11.7 Å². The van der Waals surface area contributed by atoms with Gasteiger partial charge in [-0.25, -0.2) is 4.39 Å². The van der Waals surface area contributed by atoms with E-state index in [1.807, 2.05) is 6.07 Å². The lowest BCUT2D eigenvalue weighted by molar-refractivity contribution is 0.406. The summed E-state index contributed by atoms with van der Waals surface area (Å²) in [6, 6.07) is 4.87. The minimum absolute atomic E-state index is 0.0962. The maximum atomic E-state index is 13.0. The van der Waals surface area contributed by atoms with Gasteiger partial charge in [-0.1, -0.05) is 35.3 Å². The van der Waals surface area contributed by atoms with E-state index in [1.165, 1.54) is 25.0 Å². The Labute approximate surface area is 111 Å². The van der Waals surface area contributed by atoms with Crippen LogP contribution in [0.5, 0.6) is 0 Å².